The normalized spacial score (nSPS) is 10.6. The molecule has 0 spiro atoms. The molecule has 0 radical (unpaired) electrons. The highest BCUT2D eigenvalue weighted by molar-refractivity contribution is 7.09. The van der Waals surface area contributed by atoms with Gasteiger partial charge < -0.3 is 5.32 Å². The summed E-state index contributed by atoms with van der Waals surface area (Å²) in [5, 5.41) is 6.13. The molecule has 20 heavy (non-hydrogen) atoms. The zero-order valence-electron chi connectivity index (χ0n) is 10.5. The molecule has 2 aromatic rings. The fourth-order valence-electron chi connectivity index (χ4n) is 1.58. The second-order valence-electron chi connectivity index (χ2n) is 4.14. The smallest absolute Gasteiger partial charge is 0.231 e. The van der Waals surface area contributed by atoms with Crippen LogP contribution in [0.15, 0.2) is 17.5 Å². The first-order valence-corrected chi connectivity index (χ1v) is 7.92. The lowest BCUT2D eigenvalue weighted by Gasteiger charge is -2.10. The molecule has 1 amide bonds. The van der Waals surface area contributed by atoms with Crippen LogP contribution in [0.1, 0.15) is 16.3 Å². The third-order valence-electron chi connectivity index (χ3n) is 2.60. The number of amides is 1. The molecule has 0 aliphatic heterocycles. The summed E-state index contributed by atoms with van der Waals surface area (Å²) in [6.45, 7) is 1.85. The van der Waals surface area contributed by atoms with Crippen LogP contribution in [0.3, 0.4) is 0 Å². The molecule has 7 heteroatoms. The van der Waals surface area contributed by atoms with Crippen molar-refractivity contribution in [3.05, 3.63) is 43.8 Å². The zero-order valence-corrected chi connectivity index (χ0v) is 13.6. The van der Waals surface area contributed by atoms with Gasteiger partial charge in [-0.15, -0.1) is 22.9 Å². The van der Waals surface area contributed by atoms with Crippen LogP contribution < -0.4 is 5.32 Å². The summed E-state index contributed by atoms with van der Waals surface area (Å²) in [4.78, 5) is 16.2. The fourth-order valence-corrected chi connectivity index (χ4v) is 3.07. The van der Waals surface area contributed by atoms with Gasteiger partial charge in [0, 0.05) is 5.38 Å². The van der Waals surface area contributed by atoms with Crippen LogP contribution in [0, 0.1) is 6.92 Å². The van der Waals surface area contributed by atoms with E-state index in [0.717, 1.165) is 11.3 Å². The van der Waals surface area contributed by atoms with E-state index in [-0.39, 0.29) is 12.3 Å². The molecule has 2 rings (SSSR count). The summed E-state index contributed by atoms with van der Waals surface area (Å²) < 4.78 is 0. The minimum absolute atomic E-state index is 0.169. The molecule has 0 unspecified atom stereocenters. The maximum atomic E-state index is 12.0. The Morgan fingerprint density at radius 1 is 1.40 bits per heavy atom. The van der Waals surface area contributed by atoms with Gasteiger partial charge in [0.15, 0.2) is 0 Å². The van der Waals surface area contributed by atoms with E-state index >= 15 is 0 Å². The first kappa shape index (κ1) is 15.6. The van der Waals surface area contributed by atoms with Crippen LogP contribution in [0.5, 0.6) is 0 Å². The van der Waals surface area contributed by atoms with E-state index in [0.29, 0.717) is 26.6 Å². The van der Waals surface area contributed by atoms with E-state index < -0.39 is 0 Å². The SMILES string of the molecule is Cc1ccc(Cl)c(NC(=O)Cc2nc(CCl)cs2)c1Cl. The number of benzene rings is 1. The largest absolute Gasteiger partial charge is 0.323 e. The molecule has 0 aliphatic rings. The standard InChI is InChI=1S/C13H11Cl3N2OS/c1-7-2-3-9(15)13(12(7)16)18-10(19)4-11-17-8(5-14)6-20-11/h2-3,6H,4-5H2,1H3,(H,18,19). The van der Waals surface area contributed by atoms with Gasteiger partial charge in [0.05, 0.1) is 33.7 Å². The lowest BCUT2D eigenvalue weighted by atomic mass is 10.2. The average molecular weight is 350 g/mol. The van der Waals surface area contributed by atoms with Crippen molar-refractivity contribution in [3.8, 4) is 0 Å². The predicted octanol–water partition coefficient (Wildman–Crippen LogP) is 4.68. The van der Waals surface area contributed by atoms with Gasteiger partial charge >= 0.3 is 0 Å². The molecule has 1 aromatic heterocycles. The van der Waals surface area contributed by atoms with Gasteiger partial charge in [-0.25, -0.2) is 4.98 Å². The number of carbonyl (C=O) groups excluding carboxylic acids is 1. The summed E-state index contributed by atoms with van der Waals surface area (Å²) in [5.41, 5.74) is 2.06. The lowest BCUT2D eigenvalue weighted by molar-refractivity contribution is -0.115. The minimum atomic E-state index is -0.213. The number of carbonyl (C=O) groups is 1. The van der Waals surface area contributed by atoms with Crippen LogP contribution in [0.25, 0.3) is 0 Å². The third-order valence-corrected chi connectivity index (χ3v) is 4.57. The molecule has 0 saturated heterocycles. The van der Waals surface area contributed by atoms with Gasteiger partial charge in [-0.2, -0.15) is 0 Å². The number of alkyl halides is 1. The number of halogens is 3. The Balaban J connectivity index is 2.10. The molecule has 0 aliphatic carbocycles. The second kappa shape index (κ2) is 6.76. The van der Waals surface area contributed by atoms with Crippen molar-refractivity contribution in [2.24, 2.45) is 0 Å². The van der Waals surface area contributed by atoms with Gasteiger partial charge in [0.25, 0.3) is 0 Å². The summed E-state index contributed by atoms with van der Waals surface area (Å²) in [7, 11) is 0. The summed E-state index contributed by atoms with van der Waals surface area (Å²) in [5.74, 6) is 0.128. The number of hydrogen-bond acceptors (Lipinski definition) is 3. The van der Waals surface area contributed by atoms with Crippen molar-refractivity contribution in [2.45, 2.75) is 19.2 Å². The maximum absolute atomic E-state index is 12.0. The first-order chi connectivity index (χ1) is 9.51. The third kappa shape index (κ3) is 3.64. The monoisotopic (exact) mass is 348 g/mol. The van der Waals surface area contributed by atoms with E-state index in [1.807, 2.05) is 12.3 Å². The molecule has 1 aromatic carbocycles. The highest BCUT2D eigenvalue weighted by Gasteiger charge is 2.13. The number of nitrogens with one attached hydrogen (secondary N) is 1. The number of aromatic nitrogens is 1. The van der Waals surface area contributed by atoms with Gasteiger partial charge in [0.1, 0.15) is 5.01 Å². The quantitative estimate of drug-likeness (QED) is 0.814. The van der Waals surface area contributed by atoms with Crippen molar-refractivity contribution in [3.63, 3.8) is 0 Å². The Hall–Kier alpha value is -0.810. The molecule has 106 valence electrons. The van der Waals surface area contributed by atoms with Crippen LogP contribution in [0.4, 0.5) is 5.69 Å². The number of hydrogen-bond donors (Lipinski definition) is 1. The van der Waals surface area contributed by atoms with E-state index in [1.165, 1.54) is 11.3 Å². The Kier molecular flexibility index (Phi) is 5.27. The van der Waals surface area contributed by atoms with E-state index in [9.17, 15) is 4.79 Å². The molecule has 1 heterocycles. The average Bonchev–Trinajstić information content (AvgIpc) is 2.87. The van der Waals surface area contributed by atoms with Crippen LogP contribution in [0.2, 0.25) is 10.0 Å². The van der Waals surface area contributed by atoms with Crippen LogP contribution >= 0.6 is 46.1 Å². The molecule has 3 nitrogen and oxygen atoms in total. The Bertz CT molecular complexity index is 643. The van der Waals surface area contributed by atoms with E-state index in [2.05, 4.69) is 10.3 Å². The van der Waals surface area contributed by atoms with Gasteiger partial charge in [-0.3, -0.25) is 4.79 Å². The minimum Gasteiger partial charge on any atom is -0.323 e. The number of nitrogens with zero attached hydrogens (tertiary/aromatic N) is 1. The second-order valence-corrected chi connectivity index (χ2v) is 6.14. The van der Waals surface area contributed by atoms with Crippen molar-refractivity contribution < 1.29 is 4.79 Å². The maximum Gasteiger partial charge on any atom is 0.231 e. The van der Waals surface area contributed by atoms with Crippen molar-refractivity contribution >= 4 is 57.7 Å². The van der Waals surface area contributed by atoms with Gasteiger partial charge in [-0.05, 0) is 18.6 Å². The molecule has 0 bridgehead atoms. The number of rotatable bonds is 4. The van der Waals surface area contributed by atoms with Crippen LogP contribution in [-0.2, 0) is 17.1 Å². The molecular formula is C13H11Cl3N2OS. The molecule has 0 fully saturated rings. The Morgan fingerprint density at radius 3 is 2.80 bits per heavy atom. The highest BCUT2D eigenvalue weighted by Crippen LogP contribution is 2.33. The highest BCUT2D eigenvalue weighted by atomic mass is 35.5. The Labute approximate surface area is 135 Å². The summed E-state index contributed by atoms with van der Waals surface area (Å²) in [6, 6.07) is 3.50. The fraction of sp³-hybridized carbons (Fsp3) is 0.231. The first-order valence-electron chi connectivity index (χ1n) is 5.75. The van der Waals surface area contributed by atoms with Crippen molar-refractivity contribution in [2.75, 3.05) is 5.32 Å². The molecule has 0 saturated carbocycles. The number of aryl methyl sites for hydroxylation is 1. The van der Waals surface area contributed by atoms with Gasteiger partial charge in [-0.1, -0.05) is 29.3 Å². The number of thiazole rings is 1. The van der Waals surface area contributed by atoms with Crippen molar-refractivity contribution in [1.29, 1.82) is 0 Å². The predicted molar refractivity (Wildman–Crippen MR) is 85.2 cm³/mol. The Morgan fingerprint density at radius 2 is 2.15 bits per heavy atom. The zero-order chi connectivity index (χ0) is 14.7. The molecule has 1 N–H and O–H groups in total. The molecule has 0 atom stereocenters. The number of anilines is 1. The summed E-state index contributed by atoms with van der Waals surface area (Å²) in [6.07, 6.45) is 0.169. The van der Waals surface area contributed by atoms with E-state index in [1.54, 1.807) is 12.1 Å². The van der Waals surface area contributed by atoms with E-state index in [4.69, 9.17) is 34.8 Å². The molecular weight excluding hydrogens is 339 g/mol. The lowest BCUT2D eigenvalue weighted by Crippen LogP contribution is -2.15. The van der Waals surface area contributed by atoms with Gasteiger partial charge in [0.2, 0.25) is 5.91 Å². The van der Waals surface area contributed by atoms with Crippen LogP contribution in [-0.4, -0.2) is 10.9 Å². The van der Waals surface area contributed by atoms with Crippen molar-refractivity contribution in [1.82, 2.24) is 4.98 Å². The topological polar surface area (TPSA) is 42.0 Å². The summed E-state index contributed by atoms with van der Waals surface area (Å²) >= 11 is 19.3.